The molecule has 1 unspecified atom stereocenters. The number of piperidine rings is 1. The van der Waals surface area contributed by atoms with Crippen molar-refractivity contribution in [2.24, 2.45) is 68.5 Å². The Kier molecular flexibility index (Phi) is 9.25. The van der Waals surface area contributed by atoms with Crippen LogP contribution >= 0.6 is 0 Å². The van der Waals surface area contributed by atoms with Crippen LogP contribution in [0.1, 0.15) is 125 Å². The zero-order chi connectivity index (χ0) is 33.4. The lowest BCUT2D eigenvalue weighted by molar-refractivity contribution is -0.243. The van der Waals surface area contributed by atoms with Crippen LogP contribution in [0.25, 0.3) is 0 Å². The third-order valence-corrected chi connectivity index (χ3v) is 17.4. The van der Waals surface area contributed by atoms with Crippen LogP contribution in [-0.2, 0) is 19.0 Å². The maximum Gasteiger partial charge on any atom is 0.225 e. The van der Waals surface area contributed by atoms with Gasteiger partial charge in [-0.15, -0.1) is 0 Å². The fraction of sp³-hybridized carbons (Fsp3) is 0.976. The normalized spacial score (nSPS) is 47.0. The number of aliphatic hydroxyl groups is 1. The minimum absolute atomic E-state index is 0.00747. The van der Waals surface area contributed by atoms with Gasteiger partial charge in [-0.05, 0) is 146 Å². The number of ether oxygens (including phenoxy) is 3. The van der Waals surface area contributed by atoms with Gasteiger partial charge in [0, 0.05) is 26.1 Å². The smallest absolute Gasteiger partial charge is 0.225 e. The van der Waals surface area contributed by atoms with E-state index in [-0.39, 0.29) is 23.5 Å². The fourth-order valence-corrected chi connectivity index (χ4v) is 14.3. The van der Waals surface area contributed by atoms with E-state index in [9.17, 15) is 9.90 Å². The molecule has 7 aliphatic rings. The van der Waals surface area contributed by atoms with Gasteiger partial charge in [0.1, 0.15) is 0 Å². The molecule has 6 aliphatic carbocycles. The molecule has 1 amide bonds. The van der Waals surface area contributed by atoms with Gasteiger partial charge in [-0.1, -0.05) is 41.5 Å². The number of hydrogen-bond donors (Lipinski definition) is 1. The molecule has 7 fully saturated rings. The van der Waals surface area contributed by atoms with Crippen LogP contribution in [0.2, 0.25) is 0 Å². The number of rotatable bonds is 9. The molecule has 0 aromatic carbocycles. The van der Waals surface area contributed by atoms with Crippen molar-refractivity contribution in [3.63, 3.8) is 0 Å². The lowest BCUT2D eigenvalue weighted by atomic mass is 9.33. The van der Waals surface area contributed by atoms with Crippen LogP contribution in [0.15, 0.2) is 0 Å². The molecule has 7 rings (SSSR count). The second-order valence-electron chi connectivity index (χ2n) is 19.4. The Morgan fingerprint density at radius 2 is 1.45 bits per heavy atom. The molecule has 0 aromatic rings. The van der Waals surface area contributed by atoms with Crippen LogP contribution in [0.5, 0.6) is 0 Å². The summed E-state index contributed by atoms with van der Waals surface area (Å²) in [6, 6.07) is 0. The average Bonchev–Trinajstić information content (AvgIpc) is 3.67. The van der Waals surface area contributed by atoms with Gasteiger partial charge in [0.05, 0.1) is 38.6 Å². The van der Waals surface area contributed by atoms with Crippen molar-refractivity contribution in [2.75, 3.05) is 46.6 Å². The Balaban J connectivity index is 1.06. The first kappa shape index (κ1) is 34.7. The Morgan fingerprint density at radius 3 is 2.15 bits per heavy atom. The molecule has 6 saturated carbocycles. The van der Waals surface area contributed by atoms with E-state index in [4.69, 9.17) is 14.2 Å². The maximum absolute atomic E-state index is 14.5. The number of fused-ring (bicyclic) bond motifs is 7. The Hall–Kier alpha value is -0.690. The molecule has 47 heavy (non-hydrogen) atoms. The van der Waals surface area contributed by atoms with E-state index in [0.717, 1.165) is 50.6 Å². The van der Waals surface area contributed by atoms with Crippen molar-refractivity contribution >= 4 is 5.91 Å². The predicted molar refractivity (Wildman–Crippen MR) is 186 cm³/mol. The van der Waals surface area contributed by atoms with Crippen molar-refractivity contribution in [1.29, 1.82) is 0 Å². The molecule has 1 saturated heterocycles. The van der Waals surface area contributed by atoms with Gasteiger partial charge in [0.2, 0.25) is 5.91 Å². The summed E-state index contributed by atoms with van der Waals surface area (Å²) in [4.78, 5) is 16.7. The zero-order valence-electron chi connectivity index (χ0n) is 31.2. The summed E-state index contributed by atoms with van der Waals surface area (Å²) in [6.45, 7) is 19.6. The predicted octanol–water partition coefficient (Wildman–Crippen LogP) is 7.76. The molecule has 268 valence electrons. The minimum Gasteiger partial charge on any atom is -0.393 e. The lowest BCUT2D eigenvalue weighted by Crippen LogP contribution is -2.66. The summed E-state index contributed by atoms with van der Waals surface area (Å²) in [5, 5.41) is 11.1. The largest absolute Gasteiger partial charge is 0.393 e. The highest BCUT2D eigenvalue weighted by molar-refractivity contribution is 5.80. The van der Waals surface area contributed by atoms with E-state index in [2.05, 4.69) is 46.4 Å². The third kappa shape index (κ3) is 5.50. The second kappa shape index (κ2) is 12.5. The number of carbonyl (C=O) groups excluding carboxylic acids is 1. The van der Waals surface area contributed by atoms with Gasteiger partial charge in [0.15, 0.2) is 0 Å². The molecule has 0 radical (unpaired) electrons. The molecule has 6 nitrogen and oxygen atoms in total. The highest BCUT2D eigenvalue weighted by Crippen LogP contribution is 2.77. The Morgan fingerprint density at radius 1 is 0.745 bits per heavy atom. The maximum atomic E-state index is 14.5. The van der Waals surface area contributed by atoms with Crippen molar-refractivity contribution in [2.45, 2.75) is 137 Å². The van der Waals surface area contributed by atoms with Crippen molar-refractivity contribution < 1.29 is 24.1 Å². The first-order valence-corrected chi connectivity index (χ1v) is 20.0. The zero-order valence-corrected chi connectivity index (χ0v) is 31.2. The van der Waals surface area contributed by atoms with Gasteiger partial charge < -0.3 is 24.2 Å². The standard InChI is InChI=1S/C41H69NO5/c1-37(2)32-11-17-41(6)33(39(32,4)15-12-34(37)43)9-8-30-35-28(10-16-40(30,41)5)29(26-31(35)38(3)18-19-38)36(44)42-20-13-27(14-21-42)47-25-24-46-23-22-45-7/h27-35,43H,8-26H2,1-7H3/t28?,29-,30-,31-,32+,33-,34+,35+,39+,40-,41-/m1/s1. The van der Waals surface area contributed by atoms with E-state index < -0.39 is 0 Å². The van der Waals surface area contributed by atoms with Crippen molar-refractivity contribution in [3.05, 3.63) is 0 Å². The van der Waals surface area contributed by atoms with Gasteiger partial charge in [0.25, 0.3) is 0 Å². The number of hydrogen-bond acceptors (Lipinski definition) is 5. The second-order valence-corrected chi connectivity index (χ2v) is 19.4. The molecular weight excluding hydrogens is 586 g/mol. The van der Waals surface area contributed by atoms with Gasteiger partial charge in [-0.25, -0.2) is 0 Å². The molecule has 6 heteroatoms. The number of nitrogens with zero attached hydrogens (tertiary/aromatic N) is 1. The Bertz CT molecular complexity index is 1140. The molecule has 1 aliphatic heterocycles. The van der Waals surface area contributed by atoms with Crippen molar-refractivity contribution in [3.8, 4) is 0 Å². The number of methoxy groups -OCH3 is 1. The van der Waals surface area contributed by atoms with Crippen LogP contribution < -0.4 is 0 Å². The number of likely N-dealkylation sites (tertiary alicyclic amines) is 1. The summed E-state index contributed by atoms with van der Waals surface area (Å²) in [6.07, 6.45) is 15.8. The average molecular weight is 656 g/mol. The van der Waals surface area contributed by atoms with Gasteiger partial charge >= 0.3 is 0 Å². The van der Waals surface area contributed by atoms with E-state index in [1.165, 1.54) is 57.8 Å². The molecule has 0 spiro atoms. The molecule has 1 heterocycles. The minimum atomic E-state index is -0.163. The van der Waals surface area contributed by atoms with Crippen LogP contribution in [0.4, 0.5) is 0 Å². The number of aliphatic hydroxyl groups excluding tert-OH is 1. The van der Waals surface area contributed by atoms with Crippen LogP contribution in [0, 0.1) is 68.5 Å². The summed E-state index contributed by atoms with van der Waals surface area (Å²) in [5.41, 5.74) is 1.47. The highest BCUT2D eigenvalue weighted by Gasteiger charge is 2.71. The number of amides is 1. The first-order chi connectivity index (χ1) is 22.3. The Labute approximate surface area is 286 Å². The van der Waals surface area contributed by atoms with Crippen molar-refractivity contribution in [1.82, 2.24) is 4.90 Å². The lowest BCUT2D eigenvalue weighted by Gasteiger charge is -2.72. The monoisotopic (exact) mass is 656 g/mol. The summed E-state index contributed by atoms with van der Waals surface area (Å²) < 4.78 is 16.8. The van der Waals surface area contributed by atoms with E-state index in [1.54, 1.807) is 7.11 Å². The fourth-order valence-electron chi connectivity index (χ4n) is 14.3. The summed E-state index contributed by atoms with van der Waals surface area (Å²) in [7, 11) is 1.69. The summed E-state index contributed by atoms with van der Waals surface area (Å²) >= 11 is 0. The van der Waals surface area contributed by atoms with Crippen LogP contribution in [-0.4, -0.2) is 74.7 Å². The molecule has 0 aromatic heterocycles. The quantitative estimate of drug-likeness (QED) is 0.257. The van der Waals surface area contributed by atoms with E-state index in [0.29, 0.717) is 77.7 Å². The first-order valence-electron chi connectivity index (χ1n) is 20.0. The molecule has 1 N–H and O–H groups in total. The molecular formula is C41H69NO5. The number of carbonyl (C=O) groups is 1. The summed E-state index contributed by atoms with van der Waals surface area (Å²) in [5.74, 6) is 4.79. The molecule has 0 bridgehead atoms. The van der Waals surface area contributed by atoms with Gasteiger partial charge in [-0.3, -0.25) is 4.79 Å². The highest BCUT2D eigenvalue weighted by atomic mass is 16.5. The SMILES string of the molecule is COCCOCCOC1CCN(C(=O)[C@@H]2C[C@@H](C3(C)CC3)[C@H]3C2CC[C@]2(C)[C@@H]3CC[C@@H]3[C@@]4(C)CC[C@H](O)C(C)(C)[C@@H]4CC[C@]32C)CC1. The van der Waals surface area contributed by atoms with E-state index >= 15 is 0 Å². The van der Waals surface area contributed by atoms with Gasteiger partial charge in [-0.2, -0.15) is 0 Å². The topological polar surface area (TPSA) is 68.2 Å². The van der Waals surface area contributed by atoms with E-state index in [1.807, 2.05) is 0 Å². The molecule has 11 atom stereocenters. The van der Waals surface area contributed by atoms with Crippen LogP contribution in [0.3, 0.4) is 0 Å². The third-order valence-electron chi connectivity index (χ3n) is 17.4.